The zero-order valence-corrected chi connectivity index (χ0v) is 15.0. The molecule has 2 aromatic heterocycles. The quantitative estimate of drug-likeness (QED) is 0.549. The molecule has 0 saturated heterocycles. The summed E-state index contributed by atoms with van der Waals surface area (Å²) in [6.45, 7) is -0.0120. The Labute approximate surface area is 152 Å². The van der Waals surface area contributed by atoms with E-state index in [0.29, 0.717) is 11.2 Å². The average molecular weight is 372 g/mol. The molecule has 0 radical (unpaired) electrons. The second kappa shape index (κ2) is 7.01. The van der Waals surface area contributed by atoms with Gasteiger partial charge in [-0.1, -0.05) is 18.2 Å². The zero-order valence-electron chi connectivity index (χ0n) is 13.4. The van der Waals surface area contributed by atoms with Gasteiger partial charge in [0, 0.05) is 9.77 Å². The molecule has 128 valence electrons. The molecule has 25 heavy (non-hydrogen) atoms. The van der Waals surface area contributed by atoms with Crippen molar-refractivity contribution < 1.29 is 9.53 Å². The van der Waals surface area contributed by atoms with Crippen molar-refractivity contribution in [2.24, 2.45) is 0 Å². The Morgan fingerprint density at radius 3 is 2.96 bits per heavy atom. The molecule has 5 nitrogen and oxygen atoms in total. The van der Waals surface area contributed by atoms with E-state index in [0.717, 1.165) is 34.6 Å². The van der Waals surface area contributed by atoms with Crippen LogP contribution in [-0.4, -0.2) is 21.7 Å². The number of aryl methyl sites for hydroxylation is 2. The van der Waals surface area contributed by atoms with Crippen LogP contribution < -0.4 is 5.56 Å². The lowest BCUT2D eigenvalue weighted by atomic mass is 10.2. The van der Waals surface area contributed by atoms with E-state index in [1.54, 1.807) is 11.3 Å². The minimum Gasteiger partial charge on any atom is -0.457 e. The Morgan fingerprint density at radius 1 is 1.28 bits per heavy atom. The third kappa shape index (κ3) is 3.48. The number of H-pyrrole nitrogens is 1. The number of nitrogens with one attached hydrogen (secondary N) is 1. The van der Waals surface area contributed by atoms with E-state index in [2.05, 4.69) is 9.97 Å². The fraction of sp³-hybridized carbons (Fsp3) is 0.278. The molecule has 1 N–H and O–H groups in total. The summed E-state index contributed by atoms with van der Waals surface area (Å²) in [4.78, 5) is 34.5. The van der Waals surface area contributed by atoms with Crippen LogP contribution in [0.25, 0.3) is 10.2 Å². The normalized spacial score (nSPS) is 13.1. The summed E-state index contributed by atoms with van der Waals surface area (Å²) < 4.78 is 5.24. The van der Waals surface area contributed by atoms with Crippen LogP contribution in [0.15, 0.2) is 40.0 Å². The van der Waals surface area contributed by atoms with Gasteiger partial charge in [0.25, 0.3) is 5.56 Å². The van der Waals surface area contributed by atoms with E-state index in [4.69, 9.17) is 4.74 Å². The number of hydrogen-bond donors (Lipinski definition) is 1. The highest BCUT2D eigenvalue weighted by Crippen LogP contribution is 2.34. The molecule has 0 spiro atoms. The van der Waals surface area contributed by atoms with Gasteiger partial charge in [0.2, 0.25) is 0 Å². The number of carbonyl (C=O) groups is 1. The van der Waals surface area contributed by atoms with Crippen LogP contribution in [0, 0.1) is 0 Å². The van der Waals surface area contributed by atoms with E-state index >= 15 is 0 Å². The summed E-state index contributed by atoms with van der Waals surface area (Å²) in [6, 6.07) is 9.68. The highest BCUT2D eigenvalue weighted by molar-refractivity contribution is 8.00. The Kier molecular flexibility index (Phi) is 4.59. The zero-order chi connectivity index (χ0) is 17.2. The Morgan fingerprint density at radius 2 is 2.12 bits per heavy atom. The van der Waals surface area contributed by atoms with Crippen molar-refractivity contribution in [1.29, 1.82) is 0 Å². The number of benzene rings is 1. The topological polar surface area (TPSA) is 72.0 Å². The highest BCUT2D eigenvalue weighted by atomic mass is 32.2. The molecule has 0 unspecified atom stereocenters. The maximum absolute atomic E-state index is 12.3. The molecule has 2 heterocycles. The molecule has 3 aromatic rings. The van der Waals surface area contributed by atoms with Crippen LogP contribution in [-0.2, 0) is 29.0 Å². The van der Waals surface area contributed by atoms with E-state index in [-0.39, 0.29) is 23.9 Å². The van der Waals surface area contributed by atoms with Gasteiger partial charge < -0.3 is 9.72 Å². The first-order chi connectivity index (χ1) is 12.2. The number of aromatic amines is 1. The van der Waals surface area contributed by atoms with Crippen molar-refractivity contribution in [3.05, 3.63) is 57.0 Å². The third-order valence-electron chi connectivity index (χ3n) is 4.09. The maximum Gasteiger partial charge on any atom is 0.316 e. The number of ether oxygens (including phenoxy) is 1. The van der Waals surface area contributed by atoms with Crippen molar-refractivity contribution in [2.75, 3.05) is 5.75 Å². The number of aromatic nitrogens is 2. The van der Waals surface area contributed by atoms with Gasteiger partial charge in [-0.2, -0.15) is 0 Å². The minimum absolute atomic E-state index is 0.0120. The molecule has 7 heteroatoms. The standard InChI is InChI=1S/C18H16N2O3S2/c21-15(10-24-11-5-2-1-3-6-11)23-9-14-19-17(22)16-12-7-4-8-13(12)25-18(16)20-14/h1-3,5-6H,4,7-10H2,(H,19,20,22). The smallest absolute Gasteiger partial charge is 0.316 e. The second-order valence-corrected chi connectivity index (χ2v) is 7.94. The number of hydrogen-bond acceptors (Lipinski definition) is 6. The van der Waals surface area contributed by atoms with Gasteiger partial charge in [-0.05, 0) is 37.0 Å². The van der Waals surface area contributed by atoms with Crippen molar-refractivity contribution in [3.8, 4) is 0 Å². The summed E-state index contributed by atoms with van der Waals surface area (Å²) in [7, 11) is 0. The van der Waals surface area contributed by atoms with E-state index in [1.807, 2.05) is 30.3 Å². The largest absolute Gasteiger partial charge is 0.457 e. The van der Waals surface area contributed by atoms with Crippen LogP contribution in [0.2, 0.25) is 0 Å². The summed E-state index contributed by atoms with van der Waals surface area (Å²) in [5.41, 5.74) is 1.02. The first kappa shape index (κ1) is 16.4. The molecule has 4 rings (SSSR count). The van der Waals surface area contributed by atoms with Gasteiger partial charge in [0.15, 0.2) is 0 Å². The SMILES string of the molecule is O=C(CSc1ccccc1)OCc1nc2sc3c(c2c(=O)[nH]1)CCC3. The monoisotopic (exact) mass is 372 g/mol. The first-order valence-corrected chi connectivity index (χ1v) is 9.88. The lowest BCUT2D eigenvalue weighted by Gasteiger charge is -2.05. The van der Waals surface area contributed by atoms with Crippen molar-refractivity contribution in [1.82, 2.24) is 9.97 Å². The average Bonchev–Trinajstić information content (AvgIpc) is 3.19. The Hall–Kier alpha value is -2.12. The number of thioether (sulfide) groups is 1. The molecule has 0 bridgehead atoms. The molecule has 0 saturated carbocycles. The third-order valence-corrected chi connectivity index (χ3v) is 6.27. The number of thiophene rings is 1. The number of esters is 1. The number of carbonyl (C=O) groups excluding carboxylic acids is 1. The minimum atomic E-state index is -0.328. The van der Waals surface area contributed by atoms with Gasteiger partial charge in [-0.3, -0.25) is 9.59 Å². The molecule has 1 aliphatic rings. The van der Waals surface area contributed by atoms with E-state index in [1.165, 1.54) is 16.6 Å². The lowest BCUT2D eigenvalue weighted by molar-refractivity contribution is -0.141. The molecule has 0 amide bonds. The number of nitrogens with zero attached hydrogens (tertiary/aromatic N) is 1. The van der Waals surface area contributed by atoms with Gasteiger partial charge in [-0.25, -0.2) is 4.98 Å². The fourth-order valence-corrected chi connectivity index (χ4v) is 4.96. The lowest BCUT2D eigenvalue weighted by Crippen LogP contribution is -2.15. The molecule has 0 atom stereocenters. The molecular formula is C18H16N2O3S2. The predicted octanol–water partition coefficient (Wildman–Crippen LogP) is 3.31. The Balaban J connectivity index is 1.41. The summed E-state index contributed by atoms with van der Waals surface area (Å²) in [5, 5.41) is 0.715. The van der Waals surface area contributed by atoms with E-state index < -0.39 is 0 Å². The number of fused-ring (bicyclic) bond motifs is 3. The van der Waals surface area contributed by atoms with Crippen LogP contribution in [0.5, 0.6) is 0 Å². The van der Waals surface area contributed by atoms with Crippen LogP contribution in [0.4, 0.5) is 0 Å². The van der Waals surface area contributed by atoms with Crippen LogP contribution in [0.3, 0.4) is 0 Å². The predicted molar refractivity (Wildman–Crippen MR) is 99.2 cm³/mol. The van der Waals surface area contributed by atoms with Gasteiger partial charge in [0.05, 0.1) is 11.1 Å². The van der Waals surface area contributed by atoms with Crippen LogP contribution >= 0.6 is 23.1 Å². The molecule has 0 fully saturated rings. The second-order valence-electron chi connectivity index (χ2n) is 5.81. The van der Waals surface area contributed by atoms with E-state index in [9.17, 15) is 9.59 Å². The maximum atomic E-state index is 12.3. The Bertz CT molecular complexity index is 979. The highest BCUT2D eigenvalue weighted by Gasteiger charge is 2.21. The van der Waals surface area contributed by atoms with Gasteiger partial charge in [0.1, 0.15) is 17.3 Å². The van der Waals surface area contributed by atoms with Crippen molar-refractivity contribution in [3.63, 3.8) is 0 Å². The van der Waals surface area contributed by atoms with Crippen molar-refractivity contribution >= 4 is 39.3 Å². The van der Waals surface area contributed by atoms with Crippen LogP contribution in [0.1, 0.15) is 22.7 Å². The molecule has 1 aliphatic carbocycles. The van der Waals surface area contributed by atoms with Crippen molar-refractivity contribution in [2.45, 2.75) is 30.8 Å². The molecule has 0 aliphatic heterocycles. The van der Waals surface area contributed by atoms with Gasteiger partial charge >= 0.3 is 5.97 Å². The number of rotatable bonds is 5. The van der Waals surface area contributed by atoms with Gasteiger partial charge in [-0.15, -0.1) is 23.1 Å². The molecule has 1 aromatic carbocycles. The summed E-state index contributed by atoms with van der Waals surface area (Å²) in [5.74, 6) is 0.296. The first-order valence-electron chi connectivity index (χ1n) is 8.07. The molecular weight excluding hydrogens is 356 g/mol. The fourth-order valence-electron chi connectivity index (χ4n) is 2.96. The summed E-state index contributed by atoms with van der Waals surface area (Å²) in [6.07, 6.45) is 3.08. The summed E-state index contributed by atoms with van der Waals surface area (Å²) >= 11 is 3.00.